The third-order valence-corrected chi connectivity index (χ3v) is 4.27. The molecular formula is C19H21Cl2NO2. The van der Waals surface area contributed by atoms with E-state index in [0.717, 1.165) is 16.8 Å². The first kappa shape index (κ1) is 18.6. The van der Waals surface area contributed by atoms with Crippen molar-refractivity contribution in [3.05, 3.63) is 57.6 Å². The molecule has 0 saturated carbocycles. The summed E-state index contributed by atoms with van der Waals surface area (Å²) in [6.07, 6.45) is -0.691. The van der Waals surface area contributed by atoms with E-state index >= 15 is 0 Å². The van der Waals surface area contributed by atoms with Crippen LogP contribution in [0.2, 0.25) is 10.0 Å². The summed E-state index contributed by atoms with van der Waals surface area (Å²) in [5.41, 5.74) is 2.96. The zero-order valence-corrected chi connectivity index (χ0v) is 15.7. The number of halogens is 2. The summed E-state index contributed by atoms with van der Waals surface area (Å²) in [6, 6.07) is 10.9. The van der Waals surface area contributed by atoms with Gasteiger partial charge < -0.3 is 10.1 Å². The molecular weight excluding hydrogens is 345 g/mol. The number of aryl methyl sites for hydroxylation is 1. The zero-order valence-electron chi connectivity index (χ0n) is 14.2. The van der Waals surface area contributed by atoms with Crippen LogP contribution in [-0.4, -0.2) is 12.0 Å². The lowest BCUT2D eigenvalue weighted by atomic mass is 9.98. The first-order valence-electron chi connectivity index (χ1n) is 7.81. The fourth-order valence-electron chi connectivity index (χ4n) is 2.38. The fraction of sp³-hybridized carbons (Fsp3) is 0.316. The largest absolute Gasteiger partial charge is 0.479 e. The van der Waals surface area contributed by atoms with Crippen molar-refractivity contribution in [2.75, 3.05) is 5.32 Å². The van der Waals surface area contributed by atoms with Gasteiger partial charge in [-0.25, -0.2) is 0 Å². The molecule has 0 heterocycles. The fourth-order valence-corrected chi connectivity index (χ4v) is 2.83. The Morgan fingerprint density at radius 2 is 1.83 bits per heavy atom. The lowest BCUT2D eigenvalue weighted by molar-refractivity contribution is -0.122. The average molecular weight is 366 g/mol. The Labute approximate surface area is 152 Å². The van der Waals surface area contributed by atoms with E-state index in [1.807, 2.05) is 25.1 Å². The summed E-state index contributed by atoms with van der Waals surface area (Å²) in [7, 11) is 0. The van der Waals surface area contributed by atoms with Gasteiger partial charge in [0.15, 0.2) is 6.10 Å². The molecule has 5 heteroatoms. The van der Waals surface area contributed by atoms with Crippen LogP contribution in [0, 0.1) is 6.92 Å². The Hall–Kier alpha value is -1.71. The van der Waals surface area contributed by atoms with E-state index in [-0.39, 0.29) is 5.91 Å². The van der Waals surface area contributed by atoms with Gasteiger partial charge in [-0.15, -0.1) is 0 Å². The SMILES string of the molecule is Cc1cccc(C(C)C)c1NC(=O)C(C)Oc1ccc(Cl)cc1Cl. The highest BCUT2D eigenvalue weighted by Crippen LogP contribution is 2.30. The molecule has 0 bridgehead atoms. The van der Waals surface area contributed by atoms with Gasteiger partial charge in [-0.1, -0.05) is 55.2 Å². The minimum Gasteiger partial charge on any atom is -0.479 e. The second-order valence-electron chi connectivity index (χ2n) is 6.02. The van der Waals surface area contributed by atoms with Crippen LogP contribution < -0.4 is 10.1 Å². The number of nitrogens with one attached hydrogen (secondary N) is 1. The summed E-state index contributed by atoms with van der Waals surface area (Å²) in [4.78, 5) is 12.5. The van der Waals surface area contributed by atoms with Gasteiger partial charge >= 0.3 is 0 Å². The monoisotopic (exact) mass is 365 g/mol. The molecule has 1 amide bonds. The molecule has 128 valence electrons. The van der Waals surface area contributed by atoms with Crippen molar-refractivity contribution in [1.29, 1.82) is 0 Å². The van der Waals surface area contributed by atoms with Gasteiger partial charge in [0.2, 0.25) is 0 Å². The van der Waals surface area contributed by atoms with Gasteiger partial charge in [0.25, 0.3) is 5.91 Å². The highest BCUT2D eigenvalue weighted by molar-refractivity contribution is 6.35. The van der Waals surface area contributed by atoms with Crippen molar-refractivity contribution in [3.63, 3.8) is 0 Å². The molecule has 0 saturated heterocycles. The lowest BCUT2D eigenvalue weighted by Gasteiger charge is -2.20. The number of para-hydroxylation sites is 1. The average Bonchev–Trinajstić information content (AvgIpc) is 2.51. The van der Waals surface area contributed by atoms with Crippen LogP contribution in [0.15, 0.2) is 36.4 Å². The van der Waals surface area contributed by atoms with Crippen LogP contribution in [0.5, 0.6) is 5.75 Å². The van der Waals surface area contributed by atoms with Crippen molar-refractivity contribution in [2.24, 2.45) is 0 Å². The Balaban J connectivity index is 2.15. The minimum absolute atomic E-state index is 0.225. The molecule has 1 atom stereocenters. The number of carbonyl (C=O) groups excluding carboxylic acids is 1. The number of ether oxygens (including phenoxy) is 1. The molecule has 1 N–H and O–H groups in total. The van der Waals surface area contributed by atoms with Crippen LogP contribution in [0.3, 0.4) is 0 Å². The summed E-state index contributed by atoms with van der Waals surface area (Å²) < 4.78 is 5.67. The molecule has 2 aromatic rings. The van der Waals surface area contributed by atoms with Gasteiger partial charge in [0.1, 0.15) is 5.75 Å². The van der Waals surface area contributed by atoms with E-state index in [0.29, 0.717) is 21.7 Å². The van der Waals surface area contributed by atoms with Gasteiger partial charge in [0.05, 0.1) is 5.02 Å². The Morgan fingerprint density at radius 1 is 1.12 bits per heavy atom. The molecule has 1 unspecified atom stereocenters. The van der Waals surface area contributed by atoms with Gasteiger partial charge in [-0.2, -0.15) is 0 Å². The Kier molecular flexibility index (Phi) is 6.14. The van der Waals surface area contributed by atoms with Crippen molar-refractivity contribution in [3.8, 4) is 5.75 Å². The van der Waals surface area contributed by atoms with E-state index in [1.165, 1.54) is 0 Å². The highest BCUT2D eigenvalue weighted by atomic mass is 35.5. The summed E-state index contributed by atoms with van der Waals surface area (Å²) in [5, 5.41) is 3.87. The Bertz CT molecular complexity index is 744. The topological polar surface area (TPSA) is 38.3 Å². The van der Waals surface area contributed by atoms with E-state index in [2.05, 4.69) is 19.2 Å². The van der Waals surface area contributed by atoms with E-state index in [1.54, 1.807) is 25.1 Å². The van der Waals surface area contributed by atoms with Crippen LogP contribution in [-0.2, 0) is 4.79 Å². The molecule has 0 aromatic heterocycles. The summed E-state index contributed by atoms with van der Waals surface area (Å²) >= 11 is 12.0. The molecule has 0 aliphatic rings. The van der Waals surface area contributed by atoms with Gasteiger partial charge in [-0.05, 0) is 49.1 Å². The number of rotatable bonds is 5. The summed E-state index contributed by atoms with van der Waals surface area (Å²) in [6.45, 7) is 7.85. The van der Waals surface area contributed by atoms with Crippen LogP contribution in [0.4, 0.5) is 5.69 Å². The predicted molar refractivity (Wildman–Crippen MR) is 100 cm³/mol. The quantitative estimate of drug-likeness (QED) is 0.723. The van der Waals surface area contributed by atoms with Crippen molar-refractivity contribution >= 4 is 34.8 Å². The number of hydrogen-bond acceptors (Lipinski definition) is 2. The predicted octanol–water partition coefficient (Wildman–Crippen LogP) is 5.83. The first-order valence-corrected chi connectivity index (χ1v) is 8.57. The van der Waals surface area contributed by atoms with Crippen molar-refractivity contribution < 1.29 is 9.53 Å². The second-order valence-corrected chi connectivity index (χ2v) is 6.86. The van der Waals surface area contributed by atoms with Crippen LogP contribution in [0.1, 0.15) is 37.8 Å². The molecule has 0 fully saturated rings. The molecule has 2 aromatic carbocycles. The van der Waals surface area contributed by atoms with Crippen molar-refractivity contribution in [2.45, 2.75) is 39.7 Å². The number of hydrogen-bond donors (Lipinski definition) is 1. The molecule has 0 radical (unpaired) electrons. The third-order valence-electron chi connectivity index (χ3n) is 3.74. The molecule has 24 heavy (non-hydrogen) atoms. The molecule has 0 aliphatic carbocycles. The number of carbonyl (C=O) groups is 1. The van der Waals surface area contributed by atoms with Crippen LogP contribution in [0.25, 0.3) is 0 Å². The number of anilines is 1. The summed E-state index contributed by atoms with van der Waals surface area (Å²) in [5.74, 6) is 0.511. The highest BCUT2D eigenvalue weighted by Gasteiger charge is 2.19. The minimum atomic E-state index is -0.691. The van der Waals surface area contributed by atoms with E-state index < -0.39 is 6.10 Å². The lowest BCUT2D eigenvalue weighted by Crippen LogP contribution is -2.31. The number of benzene rings is 2. The maximum Gasteiger partial charge on any atom is 0.265 e. The van der Waals surface area contributed by atoms with E-state index in [4.69, 9.17) is 27.9 Å². The third kappa shape index (κ3) is 4.43. The van der Waals surface area contributed by atoms with Gasteiger partial charge in [-0.3, -0.25) is 4.79 Å². The zero-order chi connectivity index (χ0) is 17.9. The maximum absolute atomic E-state index is 12.5. The first-order chi connectivity index (χ1) is 11.3. The molecule has 2 rings (SSSR count). The Morgan fingerprint density at radius 3 is 2.46 bits per heavy atom. The standard InChI is InChI=1S/C19H21Cl2NO2/c1-11(2)15-7-5-6-12(3)18(15)22-19(23)13(4)24-17-9-8-14(20)10-16(17)21/h5-11,13H,1-4H3,(H,22,23). The van der Waals surface area contributed by atoms with Crippen LogP contribution >= 0.6 is 23.2 Å². The molecule has 0 spiro atoms. The van der Waals surface area contributed by atoms with E-state index in [9.17, 15) is 4.79 Å². The van der Waals surface area contributed by atoms with Crippen molar-refractivity contribution in [1.82, 2.24) is 0 Å². The second kappa shape index (κ2) is 7.91. The van der Waals surface area contributed by atoms with Gasteiger partial charge in [0, 0.05) is 10.7 Å². The smallest absolute Gasteiger partial charge is 0.265 e. The normalized spacial score (nSPS) is 12.1. The number of amides is 1. The maximum atomic E-state index is 12.5. The molecule has 0 aliphatic heterocycles. The molecule has 3 nitrogen and oxygen atoms in total.